The molecule has 1 aliphatic rings. The summed E-state index contributed by atoms with van der Waals surface area (Å²) in [7, 11) is 1.23. The predicted molar refractivity (Wildman–Crippen MR) is 68.9 cm³/mol. The molecule has 0 radical (unpaired) electrons. The number of alkyl carbamates (subject to hydrolysis) is 1. The molecule has 1 aliphatic heterocycles. The lowest BCUT2D eigenvalue weighted by Crippen LogP contribution is -2.45. The molecule has 2 N–H and O–H groups in total. The van der Waals surface area contributed by atoms with Gasteiger partial charge in [-0.3, -0.25) is 9.59 Å². The van der Waals surface area contributed by atoms with Crippen molar-refractivity contribution >= 4 is 12.0 Å². The van der Waals surface area contributed by atoms with Crippen LogP contribution in [0.4, 0.5) is 4.79 Å². The van der Waals surface area contributed by atoms with Gasteiger partial charge in [0.1, 0.15) is 11.9 Å². The minimum Gasteiger partial charge on any atom is -0.453 e. The SMILES string of the molecule is COC(=O)N[C@H](C)C(=O)N1Cc2nc(C)[nH]c(=O)c2C1. The van der Waals surface area contributed by atoms with Crippen LogP contribution in [0.1, 0.15) is 24.0 Å². The van der Waals surface area contributed by atoms with Crippen LogP contribution >= 0.6 is 0 Å². The second kappa shape index (κ2) is 5.32. The molecule has 0 bridgehead atoms. The normalized spacial score (nSPS) is 14.7. The van der Waals surface area contributed by atoms with Crippen molar-refractivity contribution in [3.8, 4) is 0 Å². The van der Waals surface area contributed by atoms with E-state index in [1.165, 1.54) is 12.0 Å². The van der Waals surface area contributed by atoms with Gasteiger partial charge in [0.05, 0.1) is 31.5 Å². The minimum absolute atomic E-state index is 0.198. The summed E-state index contributed by atoms with van der Waals surface area (Å²) in [5.74, 6) is 0.231. The number of methoxy groups -OCH3 is 1. The van der Waals surface area contributed by atoms with Crippen molar-refractivity contribution in [2.24, 2.45) is 0 Å². The number of hydrogen-bond acceptors (Lipinski definition) is 5. The Morgan fingerprint density at radius 3 is 2.80 bits per heavy atom. The van der Waals surface area contributed by atoms with Crippen LogP contribution in [0.25, 0.3) is 0 Å². The third kappa shape index (κ3) is 2.63. The third-order valence-electron chi connectivity index (χ3n) is 3.11. The first-order valence-electron chi connectivity index (χ1n) is 6.14. The second-order valence-corrected chi connectivity index (χ2v) is 4.63. The number of hydrogen-bond donors (Lipinski definition) is 2. The fraction of sp³-hybridized carbons (Fsp3) is 0.500. The number of nitrogens with one attached hydrogen (secondary N) is 2. The summed E-state index contributed by atoms with van der Waals surface area (Å²) in [5, 5.41) is 2.40. The molecule has 8 heteroatoms. The van der Waals surface area contributed by atoms with E-state index in [4.69, 9.17) is 0 Å². The molecule has 108 valence electrons. The number of carbonyl (C=O) groups is 2. The number of aromatic amines is 1. The highest BCUT2D eigenvalue weighted by molar-refractivity contribution is 5.85. The van der Waals surface area contributed by atoms with Crippen LogP contribution in [0.2, 0.25) is 0 Å². The molecule has 0 spiro atoms. The largest absolute Gasteiger partial charge is 0.453 e. The van der Waals surface area contributed by atoms with E-state index in [-0.39, 0.29) is 24.6 Å². The lowest BCUT2D eigenvalue weighted by Gasteiger charge is -2.20. The summed E-state index contributed by atoms with van der Waals surface area (Å²) in [6, 6.07) is -0.725. The van der Waals surface area contributed by atoms with Crippen LogP contribution in [0, 0.1) is 6.92 Å². The standard InChI is InChI=1S/C12H16N4O4/c1-6(13-12(19)20-3)11(18)16-4-8-9(5-16)14-7(2)15-10(8)17/h6H,4-5H2,1-3H3,(H,13,19)(H,14,15,17)/t6-/m1/s1. The molecular weight excluding hydrogens is 264 g/mol. The van der Waals surface area contributed by atoms with Gasteiger partial charge in [-0.25, -0.2) is 9.78 Å². The van der Waals surface area contributed by atoms with Crippen molar-refractivity contribution < 1.29 is 14.3 Å². The molecule has 2 heterocycles. The molecule has 2 amide bonds. The van der Waals surface area contributed by atoms with Crippen LogP contribution < -0.4 is 10.9 Å². The highest BCUT2D eigenvalue weighted by atomic mass is 16.5. The molecule has 1 aromatic rings. The summed E-state index contributed by atoms with van der Waals surface area (Å²) < 4.78 is 4.44. The van der Waals surface area contributed by atoms with Crippen LogP contribution in [-0.2, 0) is 22.6 Å². The maximum absolute atomic E-state index is 12.2. The Labute approximate surface area is 115 Å². The molecule has 2 rings (SSSR count). The Balaban J connectivity index is 2.11. The van der Waals surface area contributed by atoms with Gasteiger partial charge < -0.3 is 19.9 Å². The lowest BCUT2D eigenvalue weighted by molar-refractivity contribution is -0.133. The zero-order chi connectivity index (χ0) is 14.9. The van der Waals surface area contributed by atoms with Crippen LogP contribution in [0.5, 0.6) is 0 Å². The van der Waals surface area contributed by atoms with E-state index in [9.17, 15) is 14.4 Å². The Hall–Kier alpha value is -2.38. The van der Waals surface area contributed by atoms with E-state index in [0.717, 1.165) is 0 Å². The Morgan fingerprint density at radius 1 is 1.45 bits per heavy atom. The van der Waals surface area contributed by atoms with Gasteiger partial charge in [-0.15, -0.1) is 0 Å². The maximum Gasteiger partial charge on any atom is 0.407 e. The van der Waals surface area contributed by atoms with Crippen molar-refractivity contribution in [1.29, 1.82) is 0 Å². The lowest BCUT2D eigenvalue weighted by atomic mass is 10.3. The molecule has 0 aromatic carbocycles. The zero-order valence-corrected chi connectivity index (χ0v) is 11.5. The number of fused-ring (bicyclic) bond motifs is 1. The number of aromatic nitrogens is 2. The highest BCUT2D eigenvalue weighted by Crippen LogP contribution is 2.18. The smallest absolute Gasteiger partial charge is 0.407 e. The summed E-state index contributed by atoms with van der Waals surface area (Å²) in [5.41, 5.74) is 0.871. The van der Waals surface area contributed by atoms with E-state index in [1.54, 1.807) is 13.8 Å². The first-order valence-corrected chi connectivity index (χ1v) is 6.14. The second-order valence-electron chi connectivity index (χ2n) is 4.63. The quantitative estimate of drug-likeness (QED) is 0.771. The molecule has 20 heavy (non-hydrogen) atoms. The van der Waals surface area contributed by atoms with Crippen molar-refractivity contribution in [3.63, 3.8) is 0 Å². The summed E-state index contributed by atoms with van der Waals surface area (Å²) in [4.78, 5) is 43.3. The zero-order valence-electron chi connectivity index (χ0n) is 11.5. The molecule has 0 unspecified atom stereocenters. The average molecular weight is 280 g/mol. The molecule has 0 aliphatic carbocycles. The van der Waals surface area contributed by atoms with E-state index in [1.807, 2.05) is 0 Å². The van der Waals surface area contributed by atoms with E-state index < -0.39 is 12.1 Å². The van der Waals surface area contributed by atoms with Gasteiger partial charge in [-0.05, 0) is 13.8 Å². The number of aryl methyl sites for hydroxylation is 1. The van der Waals surface area contributed by atoms with Gasteiger partial charge in [0.15, 0.2) is 0 Å². The van der Waals surface area contributed by atoms with Gasteiger partial charge in [0, 0.05) is 0 Å². The van der Waals surface area contributed by atoms with Gasteiger partial charge in [-0.1, -0.05) is 0 Å². The number of amides is 2. The Kier molecular flexibility index (Phi) is 3.73. The van der Waals surface area contributed by atoms with Crippen molar-refractivity contribution in [2.45, 2.75) is 33.0 Å². The molecule has 0 fully saturated rings. The van der Waals surface area contributed by atoms with Crippen LogP contribution in [0.15, 0.2) is 4.79 Å². The van der Waals surface area contributed by atoms with E-state index in [0.29, 0.717) is 17.1 Å². The fourth-order valence-corrected chi connectivity index (χ4v) is 2.12. The number of H-pyrrole nitrogens is 1. The first-order chi connectivity index (χ1) is 9.42. The number of nitrogens with zero attached hydrogens (tertiary/aromatic N) is 2. The maximum atomic E-state index is 12.2. The minimum atomic E-state index is -0.725. The molecule has 0 saturated carbocycles. The average Bonchev–Trinajstić information content (AvgIpc) is 2.81. The van der Waals surface area contributed by atoms with Crippen LogP contribution in [0.3, 0.4) is 0 Å². The predicted octanol–water partition coefficient (Wildman–Crippen LogP) is -0.335. The van der Waals surface area contributed by atoms with Gasteiger partial charge >= 0.3 is 6.09 Å². The van der Waals surface area contributed by atoms with Gasteiger partial charge in [0.25, 0.3) is 5.56 Å². The summed E-state index contributed by atoms with van der Waals surface area (Å²) in [6.45, 7) is 3.72. The molecule has 1 atom stereocenters. The number of ether oxygens (including phenoxy) is 1. The van der Waals surface area contributed by atoms with Crippen LogP contribution in [-0.4, -0.2) is 40.0 Å². The van der Waals surface area contributed by atoms with E-state index >= 15 is 0 Å². The Bertz CT molecular complexity index is 610. The number of rotatable bonds is 2. The van der Waals surface area contributed by atoms with Crippen molar-refractivity contribution in [2.75, 3.05) is 7.11 Å². The Morgan fingerprint density at radius 2 is 2.15 bits per heavy atom. The topological polar surface area (TPSA) is 104 Å². The monoisotopic (exact) mass is 280 g/mol. The van der Waals surface area contributed by atoms with Crippen molar-refractivity contribution in [3.05, 3.63) is 27.4 Å². The first kappa shape index (κ1) is 14.0. The summed E-state index contributed by atoms with van der Waals surface area (Å²) >= 11 is 0. The van der Waals surface area contributed by atoms with E-state index in [2.05, 4.69) is 20.0 Å². The van der Waals surface area contributed by atoms with Gasteiger partial charge in [-0.2, -0.15) is 0 Å². The van der Waals surface area contributed by atoms with Crippen molar-refractivity contribution in [1.82, 2.24) is 20.2 Å². The third-order valence-corrected chi connectivity index (χ3v) is 3.11. The molecular formula is C12H16N4O4. The fourth-order valence-electron chi connectivity index (χ4n) is 2.12. The number of carbonyl (C=O) groups excluding carboxylic acids is 2. The van der Waals surface area contributed by atoms with Gasteiger partial charge in [0.2, 0.25) is 5.91 Å². The summed E-state index contributed by atoms with van der Waals surface area (Å²) in [6.07, 6.45) is -0.672. The molecule has 8 nitrogen and oxygen atoms in total. The molecule has 1 aromatic heterocycles. The molecule has 0 saturated heterocycles. The highest BCUT2D eigenvalue weighted by Gasteiger charge is 2.30.